The van der Waals surface area contributed by atoms with Crippen molar-refractivity contribution in [3.63, 3.8) is 0 Å². The molecule has 24 heavy (non-hydrogen) atoms. The molecular formula is C15H8FN3O3S2. The van der Waals surface area contributed by atoms with E-state index in [-0.39, 0.29) is 16.4 Å². The second-order valence-electron chi connectivity index (χ2n) is 4.60. The van der Waals surface area contributed by atoms with Gasteiger partial charge in [0, 0.05) is 6.07 Å². The summed E-state index contributed by atoms with van der Waals surface area (Å²) >= 11 is 1.87. The van der Waals surface area contributed by atoms with Crippen LogP contribution in [0.2, 0.25) is 0 Å². The minimum absolute atomic E-state index is 0.136. The number of halogens is 1. The number of benzene rings is 1. The highest BCUT2D eigenvalue weighted by Crippen LogP contribution is 2.24. The first-order chi connectivity index (χ1) is 11.5. The van der Waals surface area contributed by atoms with Crippen molar-refractivity contribution in [2.24, 2.45) is 4.99 Å². The molecule has 0 saturated carbocycles. The number of hydrogen-bond donors (Lipinski definition) is 0. The first kappa shape index (κ1) is 16.0. The summed E-state index contributed by atoms with van der Waals surface area (Å²) in [4.78, 5) is 26.8. The number of thiazole rings is 1. The van der Waals surface area contributed by atoms with Crippen LogP contribution in [0.25, 0.3) is 10.2 Å². The molecule has 0 aliphatic rings. The highest BCUT2D eigenvalue weighted by molar-refractivity contribution is 7.17. The number of fused-ring (bicyclic) bond motifs is 1. The predicted octanol–water partition coefficient (Wildman–Crippen LogP) is 3.19. The van der Waals surface area contributed by atoms with Crippen molar-refractivity contribution in [1.29, 1.82) is 0 Å². The molecular weight excluding hydrogens is 353 g/mol. The van der Waals surface area contributed by atoms with E-state index in [1.54, 1.807) is 10.6 Å². The van der Waals surface area contributed by atoms with Crippen LogP contribution in [0.3, 0.4) is 0 Å². The van der Waals surface area contributed by atoms with Crippen molar-refractivity contribution in [1.82, 2.24) is 4.57 Å². The summed E-state index contributed by atoms with van der Waals surface area (Å²) in [6.45, 7) is 0.169. The normalized spacial score (nSPS) is 11.6. The van der Waals surface area contributed by atoms with Crippen molar-refractivity contribution in [3.8, 4) is 12.3 Å². The molecule has 9 heteroatoms. The topological polar surface area (TPSA) is 77.5 Å². The average molecular weight is 361 g/mol. The van der Waals surface area contributed by atoms with Crippen LogP contribution < -0.4 is 4.80 Å². The summed E-state index contributed by atoms with van der Waals surface area (Å²) in [5, 5.41) is 10.6. The summed E-state index contributed by atoms with van der Waals surface area (Å²) in [6.07, 6.45) is 5.35. The molecule has 3 rings (SSSR count). The maximum Gasteiger partial charge on any atom is 0.324 e. The molecule has 6 nitrogen and oxygen atoms in total. The van der Waals surface area contributed by atoms with Crippen LogP contribution in [-0.2, 0) is 6.54 Å². The van der Waals surface area contributed by atoms with Gasteiger partial charge < -0.3 is 4.57 Å². The van der Waals surface area contributed by atoms with Crippen LogP contribution in [-0.4, -0.2) is 15.4 Å². The molecule has 0 aliphatic heterocycles. The quantitative estimate of drug-likeness (QED) is 0.408. The van der Waals surface area contributed by atoms with Gasteiger partial charge in [0.2, 0.25) is 0 Å². The number of thiophene rings is 1. The second kappa shape index (κ2) is 6.35. The van der Waals surface area contributed by atoms with Gasteiger partial charge in [-0.25, -0.2) is 4.39 Å². The molecule has 0 spiro atoms. The number of aromatic nitrogens is 1. The predicted molar refractivity (Wildman–Crippen MR) is 89.5 cm³/mol. The van der Waals surface area contributed by atoms with Crippen LogP contribution in [0.15, 0.2) is 35.3 Å². The number of nitrogens with zero attached hydrogens (tertiary/aromatic N) is 3. The Bertz CT molecular complexity index is 1070. The number of hydrogen-bond acceptors (Lipinski definition) is 5. The van der Waals surface area contributed by atoms with Crippen molar-refractivity contribution in [2.45, 2.75) is 6.54 Å². The van der Waals surface area contributed by atoms with E-state index in [4.69, 9.17) is 6.42 Å². The Hall–Kier alpha value is -2.83. The van der Waals surface area contributed by atoms with E-state index < -0.39 is 16.6 Å². The lowest BCUT2D eigenvalue weighted by Crippen LogP contribution is -2.16. The van der Waals surface area contributed by atoms with Gasteiger partial charge in [-0.1, -0.05) is 28.6 Å². The van der Waals surface area contributed by atoms with Crippen molar-refractivity contribution in [2.75, 3.05) is 0 Å². The van der Waals surface area contributed by atoms with E-state index in [0.29, 0.717) is 15.0 Å². The third-order valence-corrected chi connectivity index (χ3v) is 5.14. The second-order valence-corrected chi connectivity index (χ2v) is 6.67. The third-order valence-electron chi connectivity index (χ3n) is 3.07. The van der Waals surface area contributed by atoms with Crippen LogP contribution >= 0.6 is 22.7 Å². The molecule has 0 fully saturated rings. The van der Waals surface area contributed by atoms with Crippen LogP contribution in [0.1, 0.15) is 9.67 Å². The molecule has 3 aromatic rings. The lowest BCUT2D eigenvalue weighted by Gasteiger charge is -1.99. The van der Waals surface area contributed by atoms with Gasteiger partial charge in [0.05, 0.1) is 21.7 Å². The number of carbonyl (C=O) groups is 1. The standard InChI is InChI=1S/C15H8FN3O3S2/c1-2-7-18-10-4-3-9(16)8-12(10)24-15(18)17-14(20)11-5-6-13(23-11)19(21)22/h1,3-6,8H,7H2. The zero-order chi connectivity index (χ0) is 17.3. The van der Waals surface area contributed by atoms with E-state index in [9.17, 15) is 19.3 Å². The van der Waals surface area contributed by atoms with Gasteiger partial charge in [-0.15, -0.1) is 6.42 Å². The lowest BCUT2D eigenvalue weighted by atomic mass is 10.3. The Labute approximate surface area is 142 Å². The summed E-state index contributed by atoms with van der Waals surface area (Å²) in [6, 6.07) is 6.82. The Kier molecular flexibility index (Phi) is 4.24. The van der Waals surface area contributed by atoms with Gasteiger partial charge in [-0.2, -0.15) is 4.99 Å². The van der Waals surface area contributed by atoms with Crippen LogP contribution in [0.4, 0.5) is 9.39 Å². The fraction of sp³-hybridized carbons (Fsp3) is 0.0667. The Morgan fingerprint density at radius 1 is 1.38 bits per heavy atom. The van der Waals surface area contributed by atoms with Gasteiger partial charge in [0.25, 0.3) is 5.91 Å². The fourth-order valence-corrected chi connectivity index (χ4v) is 3.82. The fourth-order valence-electron chi connectivity index (χ4n) is 2.06. The van der Waals surface area contributed by atoms with E-state index in [2.05, 4.69) is 10.9 Å². The van der Waals surface area contributed by atoms with Crippen LogP contribution in [0, 0.1) is 28.3 Å². The van der Waals surface area contributed by atoms with Gasteiger partial charge in [-0.3, -0.25) is 14.9 Å². The lowest BCUT2D eigenvalue weighted by molar-refractivity contribution is -0.380. The Morgan fingerprint density at radius 2 is 2.17 bits per heavy atom. The first-order valence-electron chi connectivity index (χ1n) is 6.55. The highest BCUT2D eigenvalue weighted by atomic mass is 32.1. The van der Waals surface area contributed by atoms with Gasteiger partial charge >= 0.3 is 5.00 Å². The Balaban J connectivity index is 2.11. The number of carbonyl (C=O) groups excluding carboxylic acids is 1. The van der Waals surface area contributed by atoms with Gasteiger partial charge in [0.1, 0.15) is 10.7 Å². The van der Waals surface area contributed by atoms with Crippen LogP contribution in [0.5, 0.6) is 0 Å². The molecule has 2 aromatic heterocycles. The SMILES string of the molecule is C#CCn1c(=NC(=O)c2ccc([N+](=O)[O-])s2)sc2cc(F)ccc21. The van der Waals surface area contributed by atoms with Gasteiger partial charge in [0.15, 0.2) is 4.80 Å². The van der Waals surface area contributed by atoms with Crippen molar-refractivity contribution in [3.05, 3.63) is 55.9 Å². The minimum Gasteiger partial charge on any atom is -0.305 e. The molecule has 120 valence electrons. The van der Waals surface area contributed by atoms with E-state index in [1.165, 1.54) is 24.3 Å². The third kappa shape index (κ3) is 2.97. The summed E-state index contributed by atoms with van der Waals surface area (Å²) in [5.41, 5.74) is 0.670. The Morgan fingerprint density at radius 3 is 2.83 bits per heavy atom. The minimum atomic E-state index is -0.606. The van der Waals surface area contributed by atoms with Crippen molar-refractivity contribution < 1.29 is 14.1 Å². The molecule has 1 aromatic carbocycles. The summed E-state index contributed by atoms with van der Waals surface area (Å²) in [5.74, 6) is 1.46. The number of terminal acetylenes is 1. The molecule has 0 atom stereocenters. The monoisotopic (exact) mass is 361 g/mol. The summed E-state index contributed by atoms with van der Waals surface area (Å²) < 4.78 is 15.6. The highest BCUT2D eigenvalue weighted by Gasteiger charge is 2.15. The molecule has 0 bridgehead atoms. The molecule has 0 aliphatic carbocycles. The molecule has 0 N–H and O–H groups in total. The maximum absolute atomic E-state index is 13.4. The molecule has 0 unspecified atom stereocenters. The molecule has 0 saturated heterocycles. The smallest absolute Gasteiger partial charge is 0.305 e. The molecule has 2 heterocycles. The first-order valence-corrected chi connectivity index (χ1v) is 8.18. The van der Waals surface area contributed by atoms with E-state index in [0.717, 1.165) is 22.7 Å². The largest absolute Gasteiger partial charge is 0.324 e. The summed E-state index contributed by atoms with van der Waals surface area (Å²) in [7, 11) is 0. The number of nitro groups is 1. The zero-order valence-corrected chi connectivity index (χ0v) is 13.6. The van der Waals surface area contributed by atoms with Gasteiger partial charge in [-0.05, 0) is 24.3 Å². The molecule has 1 amide bonds. The average Bonchev–Trinajstić information content (AvgIpc) is 3.13. The van der Waals surface area contributed by atoms with E-state index in [1.807, 2.05) is 0 Å². The number of amides is 1. The zero-order valence-electron chi connectivity index (χ0n) is 11.9. The van der Waals surface area contributed by atoms with Crippen molar-refractivity contribution >= 4 is 43.8 Å². The number of rotatable bonds is 3. The maximum atomic E-state index is 13.4. The van der Waals surface area contributed by atoms with E-state index >= 15 is 0 Å². The molecule has 0 radical (unpaired) electrons.